The summed E-state index contributed by atoms with van der Waals surface area (Å²) in [7, 11) is 2.03. The van der Waals surface area contributed by atoms with Crippen molar-refractivity contribution in [3.63, 3.8) is 0 Å². The molecule has 2 unspecified atom stereocenters. The van der Waals surface area contributed by atoms with Gasteiger partial charge in [-0.15, -0.1) is 0 Å². The van der Waals surface area contributed by atoms with Gasteiger partial charge in [-0.25, -0.2) is 0 Å². The third-order valence-corrected chi connectivity index (χ3v) is 4.27. The maximum atomic E-state index is 4.16. The monoisotopic (exact) mass is 259 g/mol. The molecule has 1 aliphatic carbocycles. The van der Waals surface area contributed by atoms with Crippen LogP contribution >= 0.6 is 0 Å². The van der Waals surface area contributed by atoms with Crippen LogP contribution in [-0.4, -0.2) is 13.6 Å². The third-order valence-electron chi connectivity index (χ3n) is 4.27. The zero-order valence-corrected chi connectivity index (χ0v) is 13.0. The van der Waals surface area contributed by atoms with E-state index >= 15 is 0 Å². The van der Waals surface area contributed by atoms with Crippen LogP contribution in [0.1, 0.15) is 40.0 Å². The Kier molecular flexibility index (Phi) is 6.30. The molecule has 1 heteroatoms. The van der Waals surface area contributed by atoms with E-state index < -0.39 is 0 Å². The van der Waals surface area contributed by atoms with Gasteiger partial charge >= 0.3 is 0 Å². The van der Waals surface area contributed by atoms with Crippen molar-refractivity contribution >= 4 is 0 Å². The van der Waals surface area contributed by atoms with Crippen LogP contribution < -0.4 is 5.32 Å². The molecule has 0 aromatic heterocycles. The lowest BCUT2D eigenvalue weighted by molar-refractivity contribution is 0.290. The first kappa shape index (κ1) is 16.0. The molecule has 1 aliphatic rings. The molecule has 0 heterocycles. The van der Waals surface area contributed by atoms with Gasteiger partial charge in [-0.05, 0) is 51.1 Å². The van der Waals surface area contributed by atoms with Crippen molar-refractivity contribution in [3.8, 4) is 0 Å². The van der Waals surface area contributed by atoms with Crippen LogP contribution in [0.2, 0.25) is 0 Å². The second-order valence-electron chi connectivity index (χ2n) is 5.80. The SMILES string of the molecule is C=C(CC)/C(C)=C/C(CCNC)C1(C)C=CC=CC1. The molecule has 0 aromatic carbocycles. The molecule has 0 saturated heterocycles. The molecule has 0 bridgehead atoms. The van der Waals surface area contributed by atoms with Crippen molar-refractivity contribution < 1.29 is 0 Å². The fraction of sp³-hybridized carbons (Fsp3) is 0.556. The first-order valence-corrected chi connectivity index (χ1v) is 7.39. The lowest BCUT2D eigenvalue weighted by atomic mass is 9.70. The standard InChI is InChI=1S/C18H29N/c1-6-15(2)16(3)14-17(10-13-19-5)18(4)11-8-7-9-12-18/h7-9,11,14,17,19H,2,6,10,12-13H2,1,3-5H3/b16-14+. The first-order valence-electron chi connectivity index (χ1n) is 7.39. The van der Waals surface area contributed by atoms with Gasteiger partial charge in [-0.2, -0.15) is 0 Å². The maximum absolute atomic E-state index is 4.16. The normalized spacial score (nSPS) is 24.5. The van der Waals surface area contributed by atoms with Crippen LogP contribution in [0.3, 0.4) is 0 Å². The van der Waals surface area contributed by atoms with E-state index in [1.165, 1.54) is 17.6 Å². The Hall–Kier alpha value is -1.08. The van der Waals surface area contributed by atoms with E-state index in [-0.39, 0.29) is 5.41 Å². The number of allylic oxidation sites excluding steroid dienone is 7. The van der Waals surface area contributed by atoms with E-state index in [1.807, 2.05) is 7.05 Å². The highest BCUT2D eigenvalue weighted by Crippen LogP contribution is 2.39. The Morgan fingerprint density at radius 3 is 2.74 bits per heavy atom. The number of nitrogens with one attached hydrogen (secondary N) is 1. The van der Waals surface area contributed by atoms with Gasteiger partial charge in [0.25, 0.3) is 0 Å². The minimum absolute atomic E-state index is 0.237. The van der Waals surface area contributed by atoms with E-state index in [4.69, 9.17) is 0 Å². The summed E-state index contributed by atoms with van der Waals surface area (Å²) in [4.78, 5) is 0. The van der Waals surface area contributed by atoms with Crippen molar-refractivity contribution in [2.45, 2.75) is 40.0 Å². The van der Waals surface area contributed by atoms with Crippen LogP contribution in [0.25, 0.3) is 0 Å². The van der Waals surface area contributed by atoms with Gasteiger partial charge < -0.3 is 5.32 Å². The molecule has 0 aliphatic heterocycles. The predicted molar refractivity (Wildman–Crippen MR) is 86.2 cm³/mol. The van der Waals surface area contributed by atoms with Crippen molar-refractivity contribution in [1.29, 1.82) is 0 Å². The third kappa shape index (κ3) is 4.50. The molecule has 0 aromatic rings. The summed E-state index contributed by atoms with van der Waals surface area (Å²) in [6.07, 6.45) is 14.8. The Morgan fingerprint density at radius 1 is 1.47 bits per heavy atom. The van der Waals surface area contributed by atoms with Gasteiger partial charge in [-0.3, -0.25) is 0 Å². The molecule has 0 radical (unpaired) electrons. The van der Waals surface area contributed by atoms with Crippen molar-refractivity contribution in [1.82, 2.24) is 5.32 Å². The van der Waals surface area contributed by atoms with Crippen LogP contribution in [0.15, 0.2) is 48.1 Å². The molecular weight excluding hydrogens is 230 g/mol. The Morgan fingerprint density at radius 2 is 2.21 bits per heavy atom. The van der Waals surface area contributed by atoms with Crippen molar-refractivity contribution in [2.75, 3.05) is 13.6 Å². The highest BCUT2D eigenvalue weighted by atomic mass is 14.8. The molecule has 1 nitrogen and oxygen atoms in total. The van der Waals surface area contributed by atoms with E-state index in [2.05, 4.69) is 63.0 Å². The zero-order valence-electron chi connectivity index (χ0n) is 13.0. The molecule has 0 spiro atoms. The lowest BCUT2D eigenvalue weighted by Crippen LogP contribution is -2.27. The summed E-state index contributed by atoms with van der Waals surface area (Å²) >= 11 is 0. The number of hydrogen-bond donors (Lipinski definition) is 1. The second kappa shape index (κ2) is 7.49. The highest BCUT2D eigenvalue weighted by molar-refractivity contribution is 5.28. The summed E-state index contributed by atoms with van der Waals surface area (Å²) in [5.74, 6) is 0.560. The topological polar surface area (TPSA) is 12.0 Å². The van der Waals surface area contributed by atoms with Gasteiger partial charge in [0.15, 0.2) is 0 Å². The van der Waals surface area contributed by atoms with E-state index in [0.29, 0.717) is 5.92 Å². The largest absolute Gasteiger partial charge is 0.320 e. The van der Waals surface area contributed by atoms with Crippen molar-refractivity contribution in [3.05, 3.63) is 48.1 Å². The quantitative estimate of drug-likeness (QED) is 0.656. The van der Waals surface area contributed by atoms with E-state index in [0.717, 1.165) is 19.4 Å². The van der Waals surface area contributed by atoms with E-state index in [1.54, 1.807) is 0 Å². The van der Waals surface area contributed by atoms with Gasteiger partial charge in [0.1, 0.15) is 0 Å². The molecule has 0 saturated carbocycles. The summed E-state index contributed by atoms with van der Waals surface area (Å²) in [5.41, 5.74) is 2.85. The van der Waals surface area contributed by atoms with E-state index in [9.17, 15) is 0 Å². The lowest BCUT2D eigenvalue weighted by Gasteiger charge is -2.35. The van der Waals surface area contributed by atoms with Crippen LogP contribution in [0, 0.1) is 11.3 Å². The molecular formula is C18H29N. The smallest absolute Gasteiger partial charge is 0.00454 e. The fourth-order valence-corrected chi connectivity index (χ4v) is 2.62. The number of rotatable bonds is 7. The van der Waals surface area contributed by atoms with Crippen LogP contribution in [0.5, 0.6) is 0 Å². The molecule has 2 atom stereocenters. The molecule has 1 N–H and O–H groups in total. The van der Waals surface area contributed by atoms with Crippen molar-refractivity contribution in [2.24, 2.45) is 11.3 Å². The second-order valence-corrected chi connectivity index (χ2v) is 5.80. The predicted octanol–water partition coefficient (Wildman–Crippen LogP) is 4.65. The Balaban J connectivity index is 2.91. The summed E-state index contributed by atoms with van der Waals surface area (Å²) in [6, 6.07) is 0. The first-order chi connectivity index (χ1) is 9.03. The van der Waals surface area contributed by atoms with Gasteiger partial charge in [0.05, 0.1) is 0 Å². The Labute approximate surface area is 119 Å². The molecule has 19 heavy (non-hydrogen) atoms. The Bertz CT molecular complexity index is 386. The van der Waals surface area contributed by atoms with Gasteiger partial charge in [-0.1, -0.05) is 62.0 Å². The number of hydrogen-bond acceptors (Lipinski definition) is 1. The molecule has 1 rings (SSSR count). The molecule has 0 amide bonds. The van der Waals surface area contributed by atoms with Crippen LogP contribution in [-0.2, 0) is 0 Å². The summed E-state index contributed by atoms with van der Waals surface area (Å²) in [6.45, 7) is 12.0. The minimum atomic E-state index is 0.237. The zero-order chi connectivity index (χ0) is 14.3. The van der Waals surface area contributed by atoms with Gasteiger partial charge in [0.2, 0.25) is 0 Å². The average Bonchev–Trinajstić information content (AvgIpc) is 2.42. The summed E-state index contributed by atoms with van der Waals surface area (Å²) < 4.78 is 0. The molecule has 106 valence electrons. The molecule has 0 fully saturated rings. The maximum Gasteiger partial charge on any atom is -0.00454 e. The minimum Gasteiger partial charge on any atom is -0.320 e. The van der Waals surface area contributed by atoms with Gasteiger partial charge in [0, 0.05) is 0 Å². The summed E-state index contributed by atoms with van der Waals surface area (Å²) in [5, 5.41) is 3.28. The average molecular weight is 259 g/mol. The fourth-order valence-electron chi connectivity index (χ4n) is 2.62. The van der Waals surface area contributed by atoms with Crippen LogP contribution in [0.4, 0.5) is 0 Å². The highest BCUT2D eigenvalue weighted by Gasteiger charge is 2.29.